The second-order valence-corrected chi connectivity index (χ2v) is 7.99. The Morgan fingerprint density at radius 3 is 2.44 bits per heavy atom. The maximum absolute atomic E-state index is 12.8. The number of aryl methyl sites for hydroxylation is 1. The first-order valence-corrected chi connectivity index (χ1v) is 10.7. The summed E-state index contributed by atoms with van der Waals surface area (Å²) in [6, 6.07) is 10.6. The van der Waals surface area contributed by atoms with Gasteiger partial charge >= 0.3 is 5.97 Å². The predicted molar refractivity (Wildman–Crippen MR) is 129 cm³/mol. The van der Waals surface area contributed by atoms with Crippen molar-refractivity contribution in [2.75, 3.05) is 57.7 Å². The summed E-state index contributed by atoms with van der Waals surface area (Å²) in [6.45, 7) is 5.39. The SMILES string of the molecule is COC(=O)c1ccc(N2CCN(C)CC2)c(NC(=S)NC(=O)c2cccc(C)c2OC)c1. The van der Waals surface area contributed by atoms with Gasteiger partial charge in [-0.25, -0.2) is 4.79 Å². The van der Waals surface area contributed by atoms with Crippen molar-refractivity contribution < 1.29 is 19.1 Å². The Kier molecular flexibility index (Phi) is 7.66. The maximum atomic E-state index is 12.8. The fraction of sp³-hybridized carbons (Fsp3) is 0.348. The van der Waals surface area contributed by atoms with Crippen molar-refractivity contribution in [2.45, 2.75) is 6.92 Å². The van der Waals surface area contributed by atoms with Crippen LogP contribution in [0.5, 0.6) is 5.75 Å². The van der Waals surface area contributed by atoms with Crippen LogP contribution in [0.15, 0.2) is 36.4 Å². The Hall–Kier alpha value is -3.17. The zero-order valence-electron chi connectivity index (χ0n) is 18.7. The number of nitrogens with zero attached hydrogens (tertiary/aromatic N) is 2. The summed E-state index contributed by atoms with van der Waals surface area (Å²) < 4.78 is 10.2. The maximum Gasteiger partial charge on any atom is 0.337 e. The topological polar surface area (TPSA) is 83.1 Å². The number of thiocarbonyl (C=S) groups is 1. The molecule has 1 fully saturated rings. The highest BCUT2D eigenvalue weighted by Gasteiger charge is 2.20. The van der Waals surface area contributed by atoms with Crippen LogP contribution in [0.1, 0.15) is 26.3 Å². The number of esters is 1. The molecule has 0 atom stereocenters. The standard InChI is InChI=1S/C23H28N4O4S/c1-15-6-5-7-17(20(15)30-3)21(28)25-23(32)24-18-14-16(22(29)31-4)8-9-19(18)27-12-10-26(2)11-13-27/h5-9,14H,10-13H2,1-4H3,(H2,24,25,28,32). The average molecular weight is 457 g/mol. The van der Waals surface area contributed by atoms with Crippen LogP contribution >= 0.6 is 12.2 Å². The molecule has 1 aliphatic heterocycles. The monoisotopic (exact) mass is 456 g/mol. The number of methoxy groups -OCH3 is 2. The third kappa shape index (κ3) is 5.35. The van der Waals surface area contributed by atoms with E-state index >= 15 is 0 Å². The Labute approximate surface area is 193 Å². The van der Waals surface area contributed by atoms with Crippen molar-refractivity contribution in [3.63, 3.8) is 0 Å². The molecule has 3 rings (SSSR count). The van der Waals surface area contributed by atoms with Gasteiger partial charge in [0.1, 0.15) is 5.75 Å². The highest BCUT2D eigenvalue weighted by molar-refractivity contribution is 7.80. The van der Waals surface area contributed by atoms with Crippen LogP contribution in [0.4, 0.5) is 11.4 Å². The van der Waals surface area contributed by atoms with E-state index < -0.39 is 5.97 Å². The second kappa shape index (κ2) is 10.4. The van der Waals surface area contributed by atoms with E-state index in [0.717, 1.165) is 37.4 Å². The lowest BCUT2D eigenvalue weighted by atomic mass is 10.1. The molecule has 170 valence electrons. The molecule has 1 amide bonds. The third-order valence-electron chi connectivity index (χ3n) is 5.40. The number of rotatable bonds is 5. The number of carbonyl (C=O) groups excluding carboxylic acids is 2. The first kappa shape index (κ1) is 23.5. The first-order chi connectivity index (χ1) is 15.3. The van der Waals surface area contributed by atoms with E-state index in [1.165, 1.54) is 14.2 Å². The van der Waals surface area contributed by atoms with E-state index in [1.807, 2.05) is 19.1 Å². The molecule has 8 nitrogen and oxygen atoms in total. The number of carbonyl (C=O) groups is 2. The number of piperazine rings is 1. The minimum absolute atomic E-state index is 0.121. The van der Waals surface area contributed by atoms with Crippen molar-refractivity contribution in [3.05, 3.63) is 53.1 Å². The van der Waals surface area contributed by atoms with Crippen LogP contribution in [-0.4, -0.2) is 69.3 Å². The Balaban J connectivity index is 1.82. The molecule has 0 unspecified atom stereocenters. The van der Waals surface area contributed by atoms with E-state index in [0.29, 0.717) is 22.6 Å². The fourth-order valence-corrected chi connectivity index (χ4v) is 3.83. The lowest BCUT2D eigenvalue weighted by molar-refractivity contribution is 0.0600. The lowest BCUT2D eigenvalue weighted by Crippen LogP contribution is -2.45. The predicted octanol–water partition coefficient (Wildman–Crippen LogP) is 2.67. The number of amides is 1. The first-order valence-electron chi connectivity index (χ1n) is 10.3. The van der Waals surface area contributed by atoms with Crippen molar-refractivity contribution in [2.24, 2.45) is 0 Å². The van der Waals surface area contributed by atoms with Crippen molar-refractivity contribution in [3.8, 4) is 5.75 Å². The highest BCUT2D eigenvalue weighted by atomic mass is 32.1. The van der Waals surface area contributed by atoms with Crippen LogP contribution in [0.25, 0.3) is 0 Å². The van der Waals surface area contributed by atoms with Crippen LogP contribution in [0.2, 0.25) is 0 Å². The molecule has 1 saturated heterocycles. The van der Waals surface area contributed by atoms with Gasteiger partial charge in [-0.2, -0.15) is 0 Å². The number of likely N-dealkylation sites (N-methyl/N-ethyl adjacent to an activating group) is 1. The number of para-hydroxylation sites is 1. The van der Waals surface area contributed by atoms with Gasteiger partial charge in [-0.1, -0.05) is 12.1 Å². The van der Waals surface area contributed by atoms with Crippen LogP contribution in [0, 0.1) is 6.92 Å². The third-order valence-corrected chi connectivity index (χ3v) is 5.60. The Bertz CT molecular complexity index is 1020. The van der Waals surface area contributed by atoms with E-state index in [-0.39, 0.29) is 11.0 Å². The smallest absolute Gasteiger partial charge is 0.337 e. The largest absolute Gasteiger partial charge is 0.496 e. The minimum atomic E-state index is -0.447. The molecule has 0 aromatic heterocycles. The Morgan fingerprint density at radius 2 is 1.78 bits per heavy atom. The van der Waals surface area contributed by atoms with Gasteiger partial charge in [0.2, 0.25) is 0 Å². The molecule has 0 aliphatic carbocycles. The summed E-state index contributed by atoms with van der Waals surface area (Å²) in [5.74, 6) is -0.329. The highest BCUT2D eigenvalue weighted by Crippen LogP contribution is 2.29. The molecule has 0 bridgehead atoms. The molecule has 0 saturated carbocycles. The molecule has 1 heterocycles. The molecule has 0 radical (unpaired) electrons. The summed E-state index contributed by atoms with van der Waals surface area (Å²) in [6.07, 6.45) is 0. The molecule has 9 heteroatoms. The van der Waals surface area contributed by atoms with Gasteiger partial charge in [-0.15, -0.1) is 0 Å². The van der Waals surface area contributed by atoms with Gasteiger partial charge in [-0.05, 0) is 56.0 Å². The van der Waals surface area contributed by atoms with Crippen molar-refractivity contribution in [1.82, 2.24) is 10.2 Å². The number of hydrogen-bond acceptors (Lipinski definition) is 7. The fourth-order valence-electron chi connectivity index (χ4n) is 3.63. The number of ether oxygens (including phenoxy) is 2. The number of benzene rings is 2. The lowest BCUT2D eigenvalue weighted by Gasteiger charge is -2.35. The van der Waals surface area contributed by atoms with E-state index in [4.69, 9.17) is 21.7 Å². The van der Waals surface area contributed by atoms with Gasteiger partial charge in [0.25, 0.3) is 5.91 Å². The van der Waals surface area contributed by atoms with E-state index in [1.54, 1.807) is 24.3 Å². The number of anilines is 2. The van der Waals surface area contributed by atoms with E-state index in [9.17, 15) is 9.59 Å². The van der Waals surface area contributed by atoms with Crippen molar-refractivity contribution >= 4 is 40.6 Å². The summed E-state index contributed by atoms with van der Waals surface area (Å²) >= 11 is 5.41. The quantitative estimate of drug-likeness (QED) is 0.525. The minimum Gasteiger partial charge on any atom is -0.496 e. The second-order valence-electron chi connectivity index (χ2n) is 7.58. The molecule has 2 aromatic carbocycles. The summed E-state index contributed by atoms with van der Waals surface area (Å²) in [5.41, 5.74) is 3.15. The molecule has 1 aliphatic rings. The van der Waals surface area contributed by atoms with Gasteiger partial charge in [0, 0.05) is 26.2 Å². The molecule has 0 spiro atoms. The number of nitrogens with one attached hydrogen (secondary N) is 2. The van der Waals surface area contributed by atoms with Crippen molar-refractivity contribution in [1.29, 1.82) is 0 Å². The van der Waals surface area contributed by atoms with Gasteiger partial charge in [0.15, 0.2) is 5.11 Å². The van der Waals surface area contributed by atoms with Crippen LogP contribution in [-0.2, 0) is 4.74 Å². The van der Waals surface area contributed by atoms with E-state index in [2.05, 4.69) is 27.5 Å². The van der Waals surface area contributed by atoms with Crippen LogP contribution < -0.4 is 20.3 Å². The van der Waals surface area contributed by atoms with Crippen LogP contribution in [0.3, 0.4) is 0 Å². The average Bonchev–Trinajstić information content (AvgIpc) is 2.78. The summed E-state index contributed by atoms with van der Waals surface area (Å²) in [4.78, 5) is 29.3. The molecular formula is C23H28N4O4S. The zero-order chi connectivity index (χ0) is 23.3. The molecule has 2 aromatic rings. The molecular weight excluding hydrogens is 428 g/mol. The normalized spacial score (nSPS) is 13.9. The Morgan fingerprint density at radius 1 is 1.06 bits per heavy atom. The molecule has 2 N–H and O–H groups in total. The number of hydrogen-bond donors (Lipinski definition) is 2. The van der Waals surface area contributed by atoms with Gasteiger partial charge in [0.05, 0.1) is 36.7 Å². The van der Waals surface area contributed by atoms with Gasteiger partial charge in [-0.3, -0.25) is 10.1 Å². The summed E-state index contributed by atoms with van der Waals surface area (Å²) in [7, 11) is 4.95. The summed E-state index contributed by atoms with van der Waals surface area (Å²) in [5, 5.41) is 5.91. The molecule has 32 heavy (non-hydrogen) atoms. The zero-order valence-corrected chi connectivity index (χ0v) is 19.5. The van der Waals surface area contributed by atoms with Gasteiger partial charge < -0.3 is 24.6 Å².